The lowest BCUT2D eigenvalue weighted by Crippen LogP contribution is -2.02. The number of fused-ring (bicyclic) bond motifs is 1. The predicted molar refractivity (Wildman–Crippen MR) is 89.9 cm³/mol. The first-order chi connectivity index (χ1) is 10.7. The fraction of sp³-hybridized carbons (Fsp3) is 0.125. The van der Waals surface area contributed by atoms with Gasteiger partial charge in [-0.1, -0.05) is 29.3 Å². The van der Waals surface area contributed by atoms with E-state index >= 15 is 0 Å². The number of anilines is 1. The number of rotatable bonds is 4. The van der Waals surface area contributed by atoms with Gasteiger partial charge < -0.3 is 10.1 Å². The number of ether oxygens (including phenoxy) is 1. The summed E-state index contributed by atoms with van der Waals surface area (Å²) in [5.41, 5.74) is 1.87. The Morgan fingerprint density at radius 2 is 1.95 bits per heavy atom. The highest BCUT2D eigenvalue weighted by Crippen LogP contribution is 2.26. The number of aromatic nitrogens is 2. The molecule has 0 saturated heterocycles. The predicted octanol–water partition coefficient (Wildman–Crippen LogP) is 4.56. The molecule has 22 heavy (non-hydrogen) atoms. The molecule has 0 bridgehead atoms. The summed E-state index contributed by atoms with van der Waals surface area (Å²) in [4.78, 5) is 8.51. The van der Waals surface area contributed by atoms with Gasteiger partial charge in [-0.2, -0.15) is 0 Å². The van der Waals surface area contributed by atoms with E-state index in [1.807, 2.05) is 36.4 Å². The molecule has 2 aromatic carbocycles. The van der Waals surface area contributed by atoms with Crippen LogP contribution in [0.15, 0.2) is 42.7 Å². The molecule has 0 aliphatic rings. The first-order valence-electron chi connectivity index (χ1n) is 6.64. The summed E-state index contributed by atoms with van der Waals surface area (Å²) >= 11 is 12.2. The van der Waals surface area contributed by atoms with Crippen LogP contribution in [0.4, 0.5) is 5.82 Å². The van der Waals surface area contributed by atoms with Gasteiger partial charge in [0.25, 0.3) is 0 Å². The van der Waals surface area contributed by atoms with Crippen molar-refractivity contribution in [3.05, 3.63) is 58.3 Å². The zero-order chi connectivity index (χ0) is 15.5. The van der Waals surface area contributed by atoms with Crippen molar-refractivity contribution in [2.75, 3.05) is 12.4 Å². The summed E-state index contributed by atoms with van der Waals surface area (Å²) in [6, 6.07) is 11.2. The van der Waals surface area contributed by atoms with Crippen molar-refractivity contribution in [2.45, 2.75) is 6.54 Å². The van der Waals surface area contributed by atoms with Crippen molar-refractivity contribution in [1.29, 1.82) is 0 Å². The van der Waals surface area contributed by atoms with Crippen molar-refractivity contribution in [3.63, 3.8) is 0 Å². The van der Waals surface area contributed by atoms with E-state index in [4.69, 9.17) is 27.9 Å². The topological polar surface area (TPSA) is 47.0 Å². The van der Waals surface area contributed by atoms with Gasteiger partial charge >= 0.3 is 0 Å². The Kier molecular flexibility index (Phi) is 4.32. The van der Waals surface area contributed by atoms with E-state index in [-0.39, 0.29) is 0 Å². The molecule has 3 rings (SSSR count). The maximum Gasteiger partial charge on any atom is 0.137 e. The minimum absolute atomic E-state index is 0.581. The van der Waals surface area contributed by atoms with Gasteiger partial charge in [0.05, 0.1) is 17.6 Å². The number of benzene rings is 2. The van der Waals surface area contributed by atoms with Gasteiger partial charge in [0.15, 0.2) is 0 Å². The van der Waals surface area contributed by atoms with Gasteiger partial charge in [0, 0.05) is 17.0 Å². The molecule has 0 spiro atoms. The largest absolute Gasteiger partial charge is 0.495 e. The molecule has 0 radical (unpaired) electrons. The first-order valence-corrected chi connectivity index (χ1v) is 7.39. The Labute approximate surface area is 138 Å². The van der Waals surface area contributed by atoms with Crippen LogP contribution >= 0.6 is 23.2 Å². The summed E-state index contributed by atoms with van der Waals surface area (Å²) in [7, 11) is 1.59. The summed E-state index contributed by atoms with van der Waals surface area (Å²) in [6.07, 6.45) is 1.53. The fourth-order valence-electron chi connectivity index (χ4n) is 2.18. The van der Waals surface area contributed by atoms with Crippen molar-refractivity contribution in [3.8, 4) is 5.75 Å². The van der Waals surface area contributed by atoms with E-state index in [0.29, 0.717) is 22.3 Å². The zero-order valence-electron chi connectivity index (χ0n) is 11.8. The molecule has 0 unspecified atom stereocenters. The molecular weight excluding hydrogens is 321 g/mol. The molecular formula is C16H13Cl2N3O. The van der Waals surface area contributed by atoms with Crippen LogP contribution in [-0.4, -0.2) is 17.1 Å². The Bertz CT molecular complexity index is 824. The van der Waals surface area contributed by atoms with Crippen LogP contribution in [0.1, 0.15) is 5.56 Å². The highest BCUT2D eigenvalue weighted by Gasteiger charge is 2.06. The second-order valence-corrected chi connectivity index (χ2v) is 5.55. The van der Waals surface area contributed by atoms with Crippen LogP contribution in [0.3, 0.4) is 0 Å². The smallest absolute Gasteiger partial charge is 0.137 e. The van der Waals surface area contributed by atoms with Gasteiger partial charge in [-0.15, -0.1) is 0 Å². The Balaban J connectivity index is 1.85. The van der Waals surface area contributed by atoms with Crippen molar-refractivity contribution in [2.24, 2.45) is 0 Å². The van der Waals surface area contributed by atoms with Crippen LogP contribution in [0.25, 0.3) is 10.9 Å². The summed E-state index contributed by atoms with van der Waals surface area (Å²) < 4.78 is 5.15. The quantitative estimate of drug-likeness (QED) is 0.760. The summed E-state index contributed by atoms with van der Waals surface area (Å²) in [5.74, 6) is 1.39. The van der Waals surface area contributed by atoms with Crippen LogP contribution in [0.2, 0.25) is 10.0 Å². The number of hydrogen-bond acceptors (Lipinski definition) is 4. The van der Waals surface area contributed by atoms with Crippen LogP contribution in [0, 0.1) is 0 Å². The number of halogens is 2. The SMILES string of the molecule is COc1ccc(CNc2ncnc3ccc(Cl)cc23)cc1Cl. The Hall–Kier alpha value is -2.04. The summed E-state index contributed by atoms with van der Waals surface area (Å²) in [6.45, 7) is 0.586. The lowest BCUT2D eigenvalue weighted by atomic mass is 10.2. The number of methoxy groups -OCH3 is 1. The van der Waals surface area contributed by atoms with E-state index < -0.39 is 0 Å². The molecule has 0 amide bonds. The molecule has 1 N–H and O–H groups in total. The molecule has 112 valence electrons. The Morgan fingerprint density at radius 3 is 2.73 bits per heavy atom. The zero-order valence-corrected chi connectivity index (χ0v) is 13.3. The van der Waals surface area contributed by atoms with Gasteiger partial charge in [-0.25, -0.2) is 9.97 Å². The van der Waals surface area contributed by atoms with Crippen LogP contribution < -0.4 is 10.1 Å². The second kappa shape index (κ2) is 6.38. The van der Waals surface area contributed by atoms with Crippen LogP contribution in [0.5, 0.6) is 5.75 Å². The standard InChI is InChI=1S/C16H13Cl2N3O/c1-22-15-5-2-10(6-13(15)18)8-19-16-12-7-11(17)3-4-14(12)20-9-21-16/h2-7,9H,8H2,1H3,(H,19,20,21). The lowest BCUT2D eigenvalue weighted by molar-refractivity contribution is 0.415. The third-order valence-corrected chi connectivity index (χ3v) is 3.80. The summed E-state index contributed by atoms with van der Waals surface area (Å²) in [5, 5.41) is 5.40. The minimum atomic E-state index is 0.581. The van der Waals surface area contributed by atoms with Gasteiger partial charge in [-0.05, 0) is 35.9 Å². The minimum Gasteiger partial charge on any atom is -0.495 e. The number of nitrogens with zero attached hydrogens (tertiary/aromatic N) is 2. The van der Waals surface area contributed by atoms with E-state index in [1.54, 1.807) is 7.11 Å². The van der Waals surface area contributed by atoms with E-state index in [2.05, 4.69) is 15.3 Å². The average Bonchev–Trinajstić information content (AvgIpc) is 2.53. The molecule has 4 nitrogen and oxygen atoms in total. The maximum absolute atomic E-state index is 6.13. The van der Waals surface area contributed by atoms with Crippen molar-refractivity contribution in [1.82, 2.24) is 9.97 Å². The molecule has 3 aromatic rings. The first kappa shape index (κ1) is 14.9. The third-order valence-electron chi connectivity index (χ3n) is 3.27. The molecule has 0 fully saturated rings. The molecule has 1 heterocycles. The second-order valence-electron chi connectivity index (χ2n) is 4.71. The van der Waals surface area contributed by atoms with E-state index in [0.717, 1.165) is 22.3 Å². The monoisotopic (exact) mass is 333 g/mol. The van der Waals surface area contributed by atoms with Gasteiger partial charge in [0.1, 0.15) is 17.9 Å². The lowest BCUT2D eigenvalue weighted by Gasteiger charge is -2.10. The van der Waals surface area contributed by atoms with Crippen molar-refractivity contribution >= 4 is 39.9 Å². The number of nitrogens with one attached hydrogen (secondary N) is 1. The highest BCUT2D eigenvalue weighted by molar-refractivity contribution is 6.32. The molecule has 0 atom stereocenters. The average molecular weight is 334 g/mol. The Morgan fingerprint density at radius 1 is 1.09 bits per heavy atom. The van der Waals surface area contributed by atoms with Crippen LogP contribution in [-0.2, 0) is 6.54 Å². The van der Waals surface area contributed by atoms with Gasteiger partial charge in [0.2, 0.25) is 0 Å². The molecule has 0 aliphatic carbocycles. The highest BCUT2D eigenvalue weighted by atomic mass is 35.5. The normalized spacial score (nSPS) is 10.7. The van der Waals surface area contributed by atoms with E-state index in [1.165, 1.54) is 6.33 Å². The third kappa shape index (κ3) is 3.08. The fourth-order valence-corrected chi connectivity index (χ4v) is 2.63. The van der Waals surface area contributed by atoms with Gasteiger partial charge in [-0.3, -0.25) is 0 Å². The van der Waals surface area contributed by atoms with E-state index in [9.17, 15) is 0 Å². The molecule has 1 aromatic heterocycles. The van der Waals surface area contributed by atoms with Crippen molar-refractivity contribution < 1.29 is 4.74 Å². The molecule has 6 heteroatoms. The maximum atomic E-state index is 6.13. The molecule has 0 saturated carbocycles. The molecule has 0 aliphatic heterocycles. The number of hydrogen-bond donors (Lipinski definition) is 1.